The monoisotopic (exact) mass is 375 g/mol. The first-order valence-corrected chi connectivity index (χ1v) is 9.15. The third-order valence-corrected chi connectivity index (χ3v) is 5.18. The summed E-state index contributed by atoms with van der Waals surface area (Å²) in [5.41, 5.74) is 0.633. The summed E-state index contributed by atoms with van der Waals surface area (Å²) in [7, 11) is -2.26. The summed E-state index contributed by atoms with van der Waals surface area (Å²) in [5.74, 6) is -0.342. The normalized spacial score (nSPS) is 11.3. The number of halogens is 1. The maximum absolute atomic E-state index is 12.3. The number of aryl methyl sites for hydroxylation is 1. The molecule has 0 radical (unpaired) electrons. The Hall–Kier alpha value is -2.64. The Morgan fingerprint density at radius 3 is 2.40 bits per heavy atom. The minimum absolute atomic E-state index is 0.00519. The van der Waals surface area contributed by atoms with Crippen molar-refractivity contribution in [3.05, 3.63) is 71.5 Å². The Morgan fingerprint density at radius 1 is 1.08 bits per heavy atom. The van der Waals surface area contributed by atoms with Gasteiger partial charge in [-0.15, -0.1) is 0 Å². The summed E-state index contributed by atoms with van der Waals surface area (Å²) in [6.07, 6.45) is 1.45. The number of nitrogens with one attached hydrogen (secondary N) is 1. The molecule has 0 aliphatic heterocycles. The molecule has 0 fully saturated rings. The molecule has 0 unspecified atom stereocenters. The lowest BCUT2D eigenvalue weighted by Crippen LogP contribution is -2.30. The molecule has 0 bridgehead atoms. The predicted molar refractivity (Wildman–Crippen MR) is 94.7 cm³/mol. The van der Waals surface area contributed by atoms with Gasteiger partial charge in [0.25, 0.3) is 15.9 Å². The van der Waals surface area contributed by atoms with Gasteiger partial charge in [0.15, 0.2) is 0 Å². The molecule has 0 aliphatic carbocycles. The number of hydrogen-bond acceptors (Lipinski definition) is 4. The van der Waals surface area contributed by atoms with Gasteiger partial charge in [0, 0.05) is 18.8 Å². The molecule has 3 aromatic rings. The summed E-state index contributed by atoms with van der Waals surface area (Å²) < 4.78 is 28.1. The molecule has 6 nitrogen and oxygen atoms in total. The molecule has 3 rings (SSSR count). The highest BCUT2D eigenvalue weighted by Crippen LogP contribution is 2.26. The van der Waals surface area contributed by atoms with Crippen LogP contribution in [0.3, 0.4) is 0 Å². The third kappa shape index (κ3) is 3.57. The third-order valence-electron chi connectivity index (χ3n) is 3.50. The molecular formula is C17H14ClN3O3S. The van der Waals surface area contributed by atoms with Crippen LogP contribution in [0.5, 0.6) is 0 Å². The zero-order valence-electron chi connectivity index (χ0n) is 13.2. The van der Waals surface area contributed by atoms with Crippen molar-refractivity contribution in [1.29, 1.82) is 0 Å². The quantitative estimate of drug-likeness (QED) is 0.760. The van der Waals surface area contributed by atoms with Gasteiger partial charge in [-0.1, -0.05) is 41.9 Å². The summed E-state index contributed by atoms with van der Waals surface area (Å²) in [5, 5.41) is 0.486. The number of carbonyl (C=O) groups excluding carboxylic acids is 1. The molecule has 8 heteroatoms. The second kappa shape index (κ2) is 6.70. The predicted octanol–water partition coefficient (Wildman–Crippen LogP) is 2.86. The van der Waals surface area contributed by atoms with Gasteiger partial charge < -0.3 is 4.57 Å². The molecule has 0 aliphatic rings. The molecule has 1 N–H and O–H groups in total. The van der Waals surface area contributed by atoms with Crippen LogP contribution >= 0.6 is 11.6 Å². The van der Waals surface area contributed by atoms with Crippen molar-refractivity contribution in [1.82, 2.24) is 14.3 Å². The van der Waals surface area contributed by atoms with Gasteiger partial charge in [0.05, 0.1) is 9.92 Å². The molecule has 0 atom stereocenters. The molecule has 128 valence electrons. The van der Waals surface area contributed by atoms with E-state index in [4.69, 9.17) is 11.6 Å². The first kappa shape index (κ1) is 17.2. The average molecular weight is 376 g/mol. The molecule has 25 heavy (non-hydrogen) atoms. The number of sulfonamides is 1. The average Bonchev–Trinajstić information content (AvgIpc) is 2.98. The van der Waals surface area contributed by atoms with Crippen molar-refractivity contribution in [3.8, 4) is 11.4 Å². The maximum Gasteiger partial charge on any atom is 0.285 e. The van der Waals surface area contributed by atoms with Crippen LogP contribution in [0, 0.1) is 0 Å². The van der Waals surface area contributed by atoms with Crippen molar-refractivity contribution in [3.63, 3.8) is 0 Å². The van der Waals surface area contributed by atoms with Gasteiger partial charge in [-0.2, -0.15) is 0 Å². The second-order valence-corrected chi connectivity index (χ2v) is 7.38. The van der Waals surface area contributed by atoms with Gasteiger partial charge in [0.1, 0.15) is 11.5 Å². The first-order valence-electron chi connectivity index (χ1n) is 7.29. The fourth-order valence-corrected chi connectivity index (χ4v) is 3.50. The standard InChI is InChI=1S/C17H14ClN3O3S/c1-21-11-15(19-16(21)13-9-5-6-10-14(13)18)17(22)20-25(23,24)12-7-3-2-4-8-12/h2-11H,1H3,(H,20,22). The van der Waals surface area contributed by atoms with Crippen LogP contribution in [0.2, 0.25) is 5.02 Å². The van der Waals surface area contributed by atoms with Gasteiger partial charge in [-0.3, -0.25) is 4.79 Å². The highest BCUT2D eigenvalue weighted by Gasteiger charge is 2.21. The molecule has 0 saturated carbocycles. The topological polar surface area (TPSA) is 81.1 Å². The first-order chi connectivity index (χ1) is 11.9. The van der Waals surface area contributed by atoms with Crippen LogP contribution in [0.25, 0.3) is 11.4 Å². The lowest BCUT2D eigenvalue weighted by Gasteiger charge is -2.05. The SMILES string of the molecule is Cn1cc(C(=O)NS(=O)(=O)c2ccccc2)nc1-c1ccccc1Cl. The number of carbonyl (C=O) groups is 1. The minimum Gasteiger partial charge on any atom is -0.333 e. The molecule has 1 aromatic heterocycles. The number of aromatic nitrogens is 2. The molecule has 1 amide bonds. The van der Waals surface area contributed by atoms with E-state index in [1.807, 2.05) is 4.72 Å². The highest BCUT2D eigenvalue weighted by atomic mass is 35.5. The van der Waals surface area contributed by atoms with Crippen LogP contribution in [-0.2, 0) is 17.1 Å². The number of hydrogen-bond donors (Lipinski definition) is 1. The Labute approximate surface area is 150 Å². The van der Waals surface area contributed by atoms with Gasteiger partial charge >= 0.3 is 0 Å². The lowest BCUT2D eigenvalue weighted by atomic mass is 10.2. The van der Waals surface area contributed by atoms with E-state index in [9.17, 15) is 13.2 Å². The largest absolute Gasteiger partial charge is 0.333 e. The van der Waals surface area contributed by atoms with Crippen molar-refractivity contribution in [2.45, 2.75) is 4.90 Å². The second-order valence-electron chi connectivity index (χ2n) is 5.29. The van der Waals surface area contributed by atoms with E-state index in [0.29, 0.717) is 16.4 Å². The number of benzene rings is 2. The number of nitrogens with zero attached hydrogens (tertiary/aromatic N) is 2. The van der Waals surface area contributed by atoms with E-state index in [2.05, 4.69) is 4.98 Å². The van der Waals surface area contributed by atoms with Crippen LogP contribution in [0.1, 0.15) is 10.5 Å². The van der Waals surface area contributed by atoms with Gasteiger partial charge in [-0.25, -0.2) is 18.1 Å². The van der Waals surface area contributed by atoms with Crippen LogP contribution in [0.4, 0.5) is 0 Å². The summed E-state index contributed by atoms with van der Waals surface area (Å²) in [4.78, 5) is 16.5. The fourth-order valence-electron chi connectivity index (χ4n) is 2.30. The Balaban J connectivity index is 1.90. The maximum atomic E-state index is 12.3. The smallest absolute Gasteiger partial charge is 0.285 e. The Morgan fingerprint density at radius 2 is 1.72 bits per heavy atom. The van der Waals surface area contributed by atoms with Crippen molar-refractivity contribution >= 4 is 27.5 Å². The van der Waals surface area contributed by atoms with Gasteiger partial charge in [-0.05, 0) is 24.3 Å². The minimum atomic E-state index is -3.96. The summed E-state index contributed by atoms with van der Waals surface area (Å²) >= 11 is 6.16. The summed E-state index contributed by atoms with van der Waals surface area (Å²) in [6.45, 7) is 0. The lowest BCUT2D eigenvalue weighted by molar-refractivity contribution is 0.0977. The Kier molecular flexibility index (Phi) is 4.61. The highest BCUT2D eigenvalue weighted by molar-refractivity contribution is 7.90. The zero-order chi connectivity index (χ0) is 18.0. The van der Waals surface area contributed by atoms with E-state index in [1.165, 1.54) is 18.3 Å². The van der Waals surface area contributed by atoms with E-state index in [1.54, 1.807) is 54.1 Å². The molecule has 2 aromatic carbocycles. The number of rotatable bonds is 4. The van der Waals surface area contributed by atoms with Crippen molar-refractivity contribution in [2.24, 2.45) is 7.05 Å². The van der Waals surface area contributed by atoms with Crippen molar-refractivity contribution in [2.75, 3.05) is 0 Å². The number of amides is 1. The van der Waals surface area contributed by atoms with Crippen LogP contribution in [-0.4, -0.2) is 23.9 Å². The molecule has 0 spiro atoms. The van der Waals surface area contributed by atoms with Crippen LogP contribution < -0.4 is 4.72 Å². The molecule has 0 saturated heterocycles. The van der Waals surface area contributed by atoms with Gasteiger partial charge in [0.2, 0.25) is 0 Å². The van der Waals surface area contributed by atoms with E-state index in [-0.39, 0.29) is 10.6 Å². The number of imidazole rings is 1. The van der Waals surface area contributed by atoms with Crippen LogP contribution in [0.15, 0.2) is 65.7 Å². The van der Waals surface area contributed by atoms with E-state index < -0.39 is 15.9 Å². The van der Waals surface area contributed by atoms with E-state index >= 15 is 0 Å². The van der Waals surface area contributed by atoms with E-state index in [0.717, 1.165) is 0 Å². The Bertz CT molecular complexity index is 1030. The summed E-state index contributed by atoms with van der Waals surface area (Å²) in [6, 6.07) is 14.7. The molecular weight excluding hydrogens is 362 g/mol. The van der Waals surface area contributed by atoms with Crippen molar-refractivity contribution < 1.29 is 13.2 Å². The zero-order valence-corrected chi connectivity index (χ0v) is 14.8. The molecule has 1 heterocycles. The fraction of sp³-hybridized carbons (Fsp3) is 0.0588.